The van der Waals surface area contributed by atoms with Gasteiger partial charge in [-0.3, -0.25) is 4.90 Å². The number of aryl methyl sites for hydroxylation is 1. The van der Waals surface area contributed by atoms with E-state index < -0.39 is 0 Å². The topological polar surface area (TPSA) is 41.3 Å². The molecule has 0 aliphatic rings. The van der Waals surface area contributed by atoms with Crippen LogP contribution in [0.3, 0.4) is 0 Å². The molecule has 1 N–H and O–H groups in total. The van der Waals surface area contributed by atoms with Crippen molar-refractivity contribution in [1.82, 2.24) is 15.2 Å². The third-order valence-corrected chi connectivity index (χ3v) is 3.42. The summed E-state index contributed by atoms with van der Waals surface area (Å²) in [5, 5.41) is 5.23. The Bertz CT molecular complexity index is 478. The predicted octanol–water partition coefficient (Wildman–Crippen LogP) is 2.40. The minimum Gasteiger partial charge on any atom is -0.465 e. The van der Waals surface area contributed by atoms with Crippen LogP contribution in [0, 0.1) is 6.92 Å². The maximum atomic E-state index is 5.76. The van der Waals surface area contributed by atoms with Crippen LogP contribution in [0.1, 0.15) is 22.8 Å². The predicted molar refractivity (Wildman–Crippen MR) is 73.5 cm³/mol. The van der Waals surface area contributed by atoms with Crippen molar-refractivity contribution < 1.29 is 4.42 Å². The Kier molecular flexibility index (Phi) is 4.52. The lowest BCUT2D eigenvalue weighted by Crippen LogP contribution is -2.17. The second kappa shape index (κ2) is 6.13. The molecule has 2 heterocycles. The minimum absolute atomic E-state index is 0.808. The molecule has 0 spiro atoms. The third-order valence-electron chi connectivity index (χ3n) is 2.78. The van der Waals surface area contributed by atoms with Crippen LogP contribution in [0.15, 0.2) is 21.4 Å². The number of thiazole rings is 1. The summed E-state index contributed by atoms with van der Waals surface area (Å²) in [6.45, 7) is 4.52. The fourth-order valence-electron chi connectivity index (χ4n) is 1.95. The molecule has 0 fully saturated rings. The highest BCUT2D eigenvalue weighted by Crippen LogP contribution is 2.16. The van der Waals surface area contributed by atoms with Gasteiger partial charge in [0.1, 0.15) is 11.5 Å². The molecule has 0 aliphatic carbocycles. The van der Waals surface area contributed by atoms with Crippen LogP contribution in [-0.2, 0) is 19.6 Å². The lowest BCUT2D eigenvalue weighted by atomic mass is 10.2. The SMILES string of the molecule is CNCc1cc(CN(C)Cc2cscn2)oc1C. The number of aromatic nitrogens is 1. The van der Waals surface area contributed by atoms with Gasteiger partial charge in [-0.25, -0.2) is 4.98 Å². The lowest BCUT2D eigenvalue weighted by molar-refractivity contribution is 0.282. The molecule has 0 amide bonds. The fourth-order valence-corrected chi connectivity index (χ4v) is 2.50. The quantitative estimate of drug-likeness (QED) is 0.871. The fraction of sp³-hybridized carbons (Fsp3) is 0.462. The third kappa shape index (κ3) is 3.41. The number of rotatable bonds is 6. The second-order valence-corrected chi connectivity index (χ2v) is 5.20. The van der Waals surface area contributed by atoms with E-state index in [4.69, 9.17) is 4.42 Å². The van der Waals surface area contributed by atoms with Gasteiger partial charge in [0.2, 0.25) is 0 Å². The van der Waals surface area contributed by atoms with Crippen molar-refractivity contribution in [2.75, 3.05) is 14.1 Å². The van der Waals surface area contributed by atoms with Crippen LogP contribution in [0.4, 0.5) is 0 Å². The molecule has 2 rings (SSSR count). The number of nitrogens with one attached hydrogen (secondary N) is 1. The van der Waals surface area contributed by atoms with E-state index in [-0.39, 0.29) is 0 Å². The highest BCUT2D eigenvalue weighted by Gasteiger charge is 2.09. The van der Waals surface area contributed by atoms with Crippen LogP contribution in [0.5, 0.6) is 0 Å². The first-order valence-corrected chi connectivity index (χ1v) is 6.91. The molecule has 2 aromatic heterocycles. The number of hydrogen-bond acceptors (Lipinski definition) is 5. The van der Waals surface area contributed by atoms with Crippen LogP contribution >= 0.6 is 11.3 Å². The molecule has 0 aromatic carbocycles. The molecule has 0 saturated heterocycles. The van der Waals surface area contributed by atoms with E-state index >= 15 is 0 Å². The zero-order valence-corrected chi connectivity index (χ0v) is 11.9. The Morgan fingerprint density at radius 1 is 1.44 bits per heavy atom. The van der Waals surface area contributed by atoms with Crippen molar-refractivity contribution >= 4 is 11.3 Å². The summed E-state index contributed by atoms with van der Waals surface area (Å²) in [6, 6.07) is 2.13. The zero-order valence-electron chi connectivity index (χ0n) is 11.1. The number of furan rings is 1. The van der Waals surface area contributed by atoms with Gasteiger partial charge in [0, 0.05) is 24.0 Å². The second-order valence-electron chi connectivity index (χ2n) is 4.48. The van der Waals surface area contributed by atoms with E-state index in [1.54, 1.807) is 11.3 Å². The maximum Gasteiger partial charge on any atom is 0.118 e. The van der Waals surface area contributed by atoms with Crippen molar-refractivity contribution in [3.63, 3.8) is 0 Å². The van der Waals surface area contributed by atoms with Gasteiger partial charge in [0.05, 0.1) is 17.7 Å². The van der Waals surface area contributed by atoms with E-state index in [1.807, 2.05) is 19.5 Å². The largest absolute Gasteiger partial charge is 0.465 e. The van der Waals surface area contributed by atoms with Crippen LogP contribution in [-0.4, -0.2) is 24.0 Å². The average Bonchev–Trinajstić information content (AvgIpc) is 2.90. The van der Waals surface area contributed by atoms with Crippen molar-refractivity contribution in [3.05, 3.63) is 39.7 Å². The van der Waals surface area contributed by atoms with E-state index in [0.717, 1.165) is 36.8 Å². The van der Waals surface area contributed by atoms with Gasteiger partial charge in [0.25, 0.3) is 0 Å². The molecule has 0 aliphatic heterocycles. The first kappa shape index (κ1) is 13.3. The highest BCUT2D eigenvalue weighted by atomic mass is 32.1. The molecule has 2 aromatic rings. The van der Waals surface area contributed by atoms with Gasteiger partial charge in [-0.1, -0.05) is 0 Å². The van der Waals surface area contributed by atoms with Gasteiger partial charge in [-0.05, 0) is 27.1 Å². The zero-order chi connectivity index (χ0) is 13.0. The standard InChI is InChI=1S/C13H19N3OS/c1-10-11(5-14-2)4-13(17-10)7-16(3)6-12-8-18-9-15-12/h4,8-9,14H,5-7H2,1-3H3. The Balaban J connectivity index is 1.94. The molecule has 0 saturated carbocycles. The minimum atomic E-state index is 0.808. The van der Waals surface area contributed by atoms with E-state index in [2.05, 4.69) is 33.7 Å². The molecule has 0 bridgehead atoms. The number of hydrogen-bond donors (Lipinski definition) is 1. The molecule has 4 nitrogen and oxygen atoms in total. The van der Waals surface area contributed by atoms with Crippen molar-refractivity contribution in [2.24, 2.45) is 0 Å². The molecule has 0 atom stereocenters. The normalized spacial score (nSPS) is 11.3. The Morgan fingerprint density at radius 2 is 2.28 bits per heavy atom. The summed E-state index contributed by atoms with van der Waals surface area (Å²) in [5.74, 6) is 2.01. The smallest absolute Gasteiger partial charge is 0.118 e. The van der Waals surface area contributed by atoms with Gasteiger partial charge in [-0.2, -0.15) is 0 Å². The van der Waals surface area contributed by atoms with E-state index in [1.165, 1.54) is 5.56 Å². The van der Waals surface area contributed by atoms with Crippen molar-refractivity contribution in [3.8, 4) is 0 Å². The van der Waals surface area contributed by atoms with E-state index in [9.17, 15) is 0 Å². The van der Waals surface area contributed by atoms with Gasteiger partial charge in [-0.15, -0.1) is 11.3 Å². The molecule has 0 unspecified atom stereocenters. The Labute approximate surface area is 112 Å². The first-order chi connectivity index (χ1) is 8.69. The number of nitrogens with zero attached hydrogens (tertiary/aromatic N) is 2. The van der Waals surface area contributed by atoms with Crippen LogP contribution in [0.2, 0.25) is 0 Å². The van der Waals surface area contributed by atoms with Gasteiger partial charge >= 0.3 is 0 Å². The average molecular weight is 265 g/mol. The maximum absolute atomic E-state index is 5.76. The van der Waals surface area contributed by atoms with E-state index in [0.29, 0.717) is 0 Å². The first-order valence-electron chi connectivity index (χ1n) is 5.97. The van der Waals surface area contributed by atoms with Crippen LogP contribution in [0.25, 0.3) is 0 Å². The molecular weight excluding hydrogens is 246 g/mol. The van der Waals surface area contributed by atoms with Crippen molar-refractivity contribution in [1.29, 1.82) is 0 Å². The Morgan fingerprint density at radius 3 is 2.94 bits per heavy atom. The molecular formula is C13H19N3OS. The molecule has 0 radical (unpaired) electrons. The molecule has 18 heavy (non-hydrogen) atoms. The highest BCUT2D eigenvalue weighted by molar-refractivity contribution is 7.07. The van der Waals surface area contributed by atoms with Crippen LogP contribution < -0.4 is 5.32 Å². The lowest BCUT2D eigenvalue weighted by Gasteiger charge is -2.12. The van der Waals surface area contributed by atoms with Crippen molar-refractivity contribution in [2.45, 2.75) is 26.6 Å². The summed E-state index contributed by atoms with van der Waals surface area (Å²) in [5.41, 5.74) is 4.21. The molecule has 5 heteroatoms. The summed E-state index contributed by atoms with van der Waals surface area (Å²) in [4.78, 5) is 6.49. The summed E-state index contributed by atoms with van der Waals surface area (Å²) in [7, 11) is 4.02. The molecule has 98 valence electrons. The summed E-state index contributed by atoms with van der Waals surface area (Å²) < 4.78 is 5.76. The van der Waals surface area contributed by atoms with Gasteiger partial charge < -0.3 is 9.73 Å². The summed E-state index contributed by atoms with van der Waals surface area (Å²) >= 11 is 1.63. The Hall–Kier alpha value is -1.17. The summed E-state index contributed by atoms with van der Waals surface area (Å²) in [6.07, 6.45) is 0. The monoisotopic (exact) mass is 265 g/mol. The van der Waals surface area contributed by atoms with Gasteiger partial charge in [0.15, 0.2) is 0 Å².